The van der Waals surface area contributed by atoms with Crippen LogP contribution in [0.5, 0.6) is 5.75 Å². The van der Waals surface area contributed by atoms with Gasteiger partial charge in [0.1, 0.15) is 5.75 Å². The summed E-state index contributed by atoms with van der Waals surface area (Å²) in [4.78, 5) is 14.1. The molecule has 1 atom stereocenters. The first-order chi connectivity index (χ1) is 11.5. The van der Waals surface area contributed by atoms with Crippen molar-refractivity contribution in [2.24, 2.45) is 0 Å². The summed E-state index contributed by atoms with van der Waals surface area (Å²) in [5.74, 6) is 0.808. The molecule has 0 aliphatic heterocycles. The number of carbonyl (C=O) groups excluding carboxylic acids is 1. The molecule has 2 rings (SSSR count). The summed E-state index contributed by atoms with van der Waals surface area (Å²) in [6.45, 7) is 0.478. The van der Waals surface area contributed by atoms with Crippen LogP contribution in [0.3, 0.4) is 0 Å². The summed E-state index contributed by atoms with van der Waals surface area (Å²) in [6, 6.07) is 14.7. The van der Waals surface area contributed by atoms with Crippen molar-refractivity contribution in [2.45, 2.75) is 6.04 Å². The molecule has 2 N–H and O–H groups in total. The standard InChI is InChI=1S/C18H22ClN3O2/c1-22(2)17(13-7-9-16(24-3)10-8-13)12-20-18(23)21-15-6-4-5-14(19)11-15/h4-11,17H,12H2,1-3H3,(H2,20,21,23). The third-order valence-electron chi connectivity index (χ3n) is 3.66. The van der Waals surface area contributed by atoms with Crippen molar-refractivity contribution in [1.29, 1.82) is 0 Å². The molecule has 2 aromatic carbocycles. The van der Waals surface area contributed by atoms with Crippen LogP contribution in [0.2, 0.25) is 5.02 Å². The van der Waals surface area contributed by atoms with Crippen LogP contribution in [-0.2, 0) is 0 Å². The molecule has 128 valence electrons. The van der Waals surface area contributed by atoms with Crippen molar-refractivity contribution in [2.75, 3.05) is 33.1 Å². The van der Waals surface area contributed by atoms with Crippen LogP contribution in [0, 0.1) is 0 Å². The zero-order valence-electron chi connectivity index (χ0n) is 14.0. The highest BCUT2D eigenvalue weighted by molar-refractivity contribution is 6.30. The predicted molar refractivity (Wildman–Crippen MR) is 97.9 cm³/mol. The van der Waals surface area contributed by atoms with Gasteiger partial charge in [0.25, 0.3) is 0 Å². The molecular weight excluding hydrogens is 326 g/mol. The van der Waals surface area contributed by atoms with Crippen molar-refractivity contribution in [1.82, 2.24) is 10.2 Å². The Bertz CT molecular complexity index is 674. The van der Waals surface area contributed by atoms with Crippen molar-refractivity contribution in [3.63, 3.8) is 0 Å². The van der Waals surface area contributed by atoms with Crippen molar-refractivity contribution < 1.29 is 9.53 Å². The van der Waals surface area contributed by atoms with E-state index in [2.05, 4.69) is 15.5 Å². The number of nitrogens with zero attached hydrogens (tertiary/aromatic N) is 1. The van der Waals surface area contributed by atoms with Gasteiger partial charge in [0.15, 0.2) is 0 Å². The average molecular weight is 348 g/mol. The number of hydrogen-bond donors (Lipinski definition) is 2. The second kappa shape index (κ2) is 8.57. The number of hydrogen-bond acceptors (Lipinski definition) is 3. The first-order valence-corrected chi connectivity index (χ1v) is 7.98. The van der Waals surface area contributed by atoms with E-state index >= 15 is 0 Å². The van der Waals surface area contributed by atoms with Crippen LogP contribution < -0.4 is 15.4 Å². The normalized spacial score (nSPS) is 11.9. The second-order valence-electron chi connectivity index (χ2n) is 5.60. The maximum atomic E-state index is 12.1. The van der Waals surface area contributed by atoms with E-state index < -0.39 is 0 Å². The highest BCUT2D eigenvalue weighted by Crippen LogP contribution is 2.21. The van der Waals surface area contributed by atoms with Crippen LogP contribution in [0.25, 0.3) is 0 Å². The zero-order chi connectivity index (χ0) is 17.5. The summed E-state index contributed by atoms with van der Waals surface area (Å²) in [5, 5.41) is 6.25. The molecule has 0 spiro atoms. The van der Waals surface area contributed by atoms with Crippen LogP contribution in [-0.4, -0.2) is 38.7 Å². The van der Waals surface area contributed by atoms with Gasteiger partial charge in [-0.3, -0.25) is 0 Å². The minimum absolute atomic E-state index is 0.0565. The molecule has 0 radical (unpaired) electrons. The maximum Gasteiger partial charge on any atom is 0.319 e. The fourth-order valence-corrected chi connectivity index (χ4v) is 2.55. The van der Waals surface area contributed by atoms with Gasteiger partial charge in [-0.25, -0.2) is 4.79 Å². The lowest BCUT2D eigenvalue weighted by molar-refractivity contribution is 0.243. The molecular formula is C18H22ClN3O2. The Morgan fingerprint density at radius 1 is 1.21 bits per heavy atom. The smallest absolute Gasteiger partial charge is 0.319 e. The molecule has 0 saturated carbocycles. The Labute approximate surface area is 147 Å². The monoisotopic (exact) mass is 347 g/mol. The molecule has 2 aromatic rings. The minimum Gasteiger partial charge on any atom is -0.497 e. The maximum absolute atomic E-state index is 12.1. The van der Waals surface area contributed by atoms with Gasteiger partial charge in [-0.05, 0) is 50.0 Å². The van der Waals surface area contributed by atoms with Crippen LogP contribution >= 0.6 is 11.6 Å². The Kier molecular flexibility index (Phi) is 6.46. The third kappa shape index (κ3) is 5.15. The molecule has 0 bridgehead atoms. The molecule has 0 aliphatic carbocycles. The lowest BCUT2D eigenvalue weighted by Crippen LogP contribution is -2.36. The molecule has 0 heterocycles. The fraction of sp³-hybridized carbons (Fsp3) is 0.278. The van der Waals surface area contributed by atoms with Gasteiger partial charge < -0.3 is 20.3 Å². The summed E-state index contributed by atoms with van der Waals surface area (Å²) in [6.07, 6.45) is 0. The first-order valence-electron chi connectivity index (χ1n) is 7.60. The van der Waals surface area contributed by atoms with Gasteiger partial charge in [-0.2, -0.15) is 0 Å². The SMILES string of the molecule is COc1ccc(C(CNC(=O)Nc2cccc(Cl)c2)N(C)C)cc1. The van der Waals surface area contributed by atoms with Gasteiger partial charge >= 0.3 is 6.03 Å². The van der Waals surface area contributed by atoms with Crippen molar-refractivity contribution in [3.05, 3.63) is 59.1 Å². The Morgan fingerprint density at radius 3 is 2.50 bits per heavy atom. The van der Waals surface area contributed by atoms with E-state index in [4.69, 9.17) is 16.3 Å². The number of carbonyl (C=O) groups is 1. The minimum atomic E-state index is -0.266. The van der Waals surface area contributed by atoms with Gasteiger partial charge in [0.05, 0.1) is 13.2 Å². The van der Waals surface area contributed by atoms with E-state index in [0.717, 1.165) is 11.3 Å². The van der Waals surface area contributed by atoms with Gasteiger partial charge in [0.2, 0.25) is 0 Å². The van der Waals surface area contributed by atoms with Crippen molar-refractivity contribution in [3.8, 4) is 5.75 Å². The molecule has 0 saturated heterocycles. The van der Waals surface area contributed by atoms with Crippen LogP contribution in [0.4, 0.5) is 10.5 Å². The van der Waals surface area contributed by atoms with E-state index in [1.807, 2.05) is 38.4 Å². The average Bonchev–Trinajstić information content (AvgIpc) is 2.55. The highest BCUT2D eigenvalue weighted by Gasteiger charge is 2.15. The quantitative estimate of drug-likeness (QED) is 0.836. The summed E-state index contributed by atoms with van der Waals surface area (Å²) >= 11 is 5.91. The molecule has 24 heavy (non-hydrogen) atoms. The molecule has 1 unspecified atom stereocenters. The molecule has 2 amide bonds. The van der Waals surface area contributed by atoms with Crippen LogP contribution in [0.15, 0.2) is 48.5 Å². The number of urea groups is 1. The van der Waals surface area contributed by atoms with E-state index in [-0.39, 0.29) is 12.1 Å². The molecule has 0 fully saturated rings. The Hall–Kier alpha value is -2.24. The second-order valence-corrected chi connectivity index (χ2v) is 6.03. The predicted octanol–water partition coefficient (Wildman–Crippen LogP) is 3.77. The van der Waals surface area contributed by atoms with E-state index in [1.54, 1.807) is 31.4 Å². The van der Waals surface area contributed by atoms with Gasteiger partial charge in [-0.15, -0.1) is 0 Å². The first kappa shape index (κ1) is 18.1. The number of halogens is 1. The van der Waals surface area contributed by atoms with Gasteiger partial charge in [0, 0.05) is 17.3 Å². The fourth-order valence-electron chi connectivity index (χ4n) is 2.36. The number of anilines is 1. The lowest BCUT2D eigenvalue weighted by atomic mass is 10.1. The molecule has 0 aliphatic rings. The number of rotatable bonds is 6. The van der Waals surface area contributed by atoms with Gasteiger partial charge in [-0.1, -0.05) is 29.8 Å². The summed E-state index contributed by atoms with van der Waals surface area (Å²) < 4.78 is 5.18. The van der Waals surface area contributed by atoms with Crippen LogP contribution in [0.1, 0.15) is 11.6 Å². The number of nitrogens with one attached hydrogen (secondary N) is 2. The number of likely N-dealkylation sites (N-methyl/N-ethyl adjacent to an activating group) is 1. The van der Waals surface area contributed by atoms with Crippen molar-refractivity contribution >= 4 is 23.3 Å². The van der Waals surface area contributed by atoms with E-state index in [1.165, 1.54) is 0 Å². The molecule has 6 heteroatoms. The van der Waals surface area contributed by atoms with E-state index in [9.17, 15) is 4.79 Å². The largest absolute Gasteiger partial charge is 0.497 e. The number of ether oxygens (including phenoxy) is 1. The Balaban J connectivity index is 1.96. The summed E-state index contributed by atoms with van der Waals surface area (Å²) in [5.41, 5.74) is 1.76. The Morgan fingerprint density at radius 2 is 1.92 bits per heavy atom. The number of methoxy groups -OCH3 is 1. The summed E-state index contributed by atoms with van der Waals surface area (Å²) in [7, 11) is 5.59. The molecule has 0 aromatic heterocycles. The highest BCUT2D eigenvalue weighted by atomic mass is 35.5. The topological polar surface area (TPSA) is 53.6 Å². The molecule has 5 nitrogen and oxygen atoms in total. The lowest BCUT2D eigenvalue weighted by Gasteiger charge is -2.25. The third-order valence-corrected chi connectivity index (χ3v) is 3.90. The zero-order valence-corrected chi connectivity index (χ0v) is 14.8. The van der Waals surface area contributed by atoms with E-state index in [0.29, 0.717) is 17.3 Å². The number of benzene rings is 2. The number of amides is 2.